The molecule has 1 aromatic rings. The number of nitrogens with one attached hydrogen (secondary N) is 1. The normalized spacial score (nSPS) is 19.8. The van der Waals surface area contributed by atoms with Gasteiger partial charge in [0.2, 0.25) is 0 Å². The Morgan fingerprint density at radius 3 is 2.85 bits per heavy atom. The summed E-state index contributed by atoms with van der Waals surface area (Å²) in [5.74, 6) is 0. The average molecular weight is 180 g/mol. The zero-order valence-electron chi connectivity index (χ0n) is 7.75. The van der Waals surface area contributed by atoms with Crippen LogP contribution in [0.4, 0.5) is 0 Å². The summed E-state index contributed by atoms with van der Waals surface area (Å²) in [6, 6.07) is 4.18. The number of rotatable bonds is 4. The van der Waals surface area contributed by atoms with Crippen molar-refractivity contribution in [2.24, 2.45) is 5.73 Å². The quantitative estimate of drug-likeness (QED) is 0.727. The highest BCUT2D eigenvalue weighted by Crippen LogP contribution is 2.35. The van der Waals surface area contributed by atoms with E-state index in [0.717, 1.165) is 32.6 Å². The van der Waals surface area contributed by atoms with Gasteiger partial charge in [0.25, 0.3) is 0 Å². The number of nitrogens with two attached hydrogens (primary N) is 1. The smallest absolute Gasteiger partial charge is 0.0600 e. The van der Waals surface area contributed by atoms with Crippen LogP contribution < -0.4 is 5.73 Å². The van der Waals surface area contributed by atoms with Gasteiger partial charge >= 0.3 is 0 Å². The van der Waals surface area contributed by atoms with Crippen molar-refractivity contribution in [1.29, 1.82) is 0 Å². The van der Waals surface area contributed by atoms with Crippen molar-refractivity contribution in [3.63, 3.8) is 0 Å². The molecule has 0 aromatic carbocycles. The summed E-state index contributed by atoms with van der Waals surface area (Å²) < 4.78 is 5.30. The third-order valence-corrected chi connectivity index (χ3v) is 2.79. The molecule has 1 aliphatic rings. The lowest BCUT2D eigenvalue weighted by molar-refractivity contribution is -0.0667. The number of aromatic nitrogens is 1. The molecule has 1 fully saturated rings. The lowest BCUT2D eigenvalue weighted by Gasteiger charge is -2.41. The van der Waals surface area contributed by atoms with Gasteiger partial charge in [-0.15, -0.1) is 0 Å². The van der Waals surface area contributed by atoms with Crippen LogP contribution in [0.5, 0.6) is 0 Å². The van der Waals surface area contributed by atoms with Gasteiger partial charge in [-0.2, -0.15) is 0 Å². The number of ether oxygens (including phenoxy) is 1. The van der Waals surface area contributed by atoms with Crippen molar-refractivity contribution in [1.82, 2.24) is 4.98 Å². The maximum atomic E-state index is 5.52. The number of hydrogen-bond donors (Lipinski definition) is 2. The van der Waals surface area contributed by atoms with Crippen LogP contribution in [0.25, 0.3) is 0 Å². The Morgan fingerprint density at radius 2 is 2.38 bits per heavy atom. The number of hydrogen-bond acceptors (Lipinski definition) is 2. The van der Waals surface area contributed by atoms with Gasteiger partial charge in [0.05, 0.1) is 18.6 Å². The highest BCUT2D eigenvalue weighted by Gasteiger charge is 2.40. The zero-order valence-corrected chi connectivity index (χ0v) is 7.75. The summed E-state index contributed by atoms with van der Waals surface area (Å²) in [5.41, 5.74) is 7.05. The van der Waals surface area contributed by atoms with Crippen molar-refractivity contribution < 1.29 is 4.74 Å². The molecule has 0 saturated carbocycles. The van der Waals surface area contributed by atoms with E-state index < -0.39 is 0 Å². The Morgan fingerprint density at radius 1 is 1.54 bits per heavy atom. The molecule has 3 N–H and O–H groups in total. The van der Waals surface area contributed by atoms with Gasteiger partial charge in [-0.1, -0.05) is 0 Å². The molecule has 0 amide bonds. The first kappa shape index (κ1) is 8.78. The first-order valence-corrected chi connectivity index (χ1v) is 4.79. The third kappa shape index (κ3) is 1.49. The van der Waals surface area contributed by atoms with E-state index in [1.165, 1.54) is 5.69 Å². The SMILES string of the molecule is NCCCC1(c2ccc[nH]2)COC1. The Kier molecular flexibility index (Phi) is 2.38. The van der Waals surface area contributed by atoms with Gasteiger partial charge in [0, 0.05) is 11.9 Å². The monoisotopic (exact) mass is 180 g/mol. The standard InChI is InChI=1S/C10H16N2O/c11-5-2-4-10(7-13-8-10)9-3-1-6-12-9/h1,3,6,12H,2,4-5,7-8,11H2. The summed E-state index contributed by atoms with van der Waals surface area (Å²) in [4.78, 5) is 3.27. The van der Waals surface area contributed by atoms with E-state index in [4.69, 9.17) is 10.5 Å². The van der Waals surface area contributed by atoms with Crippen LogP contribution in [0, 0.1) is 0 Å². The molecule has 0 bridgehead atoms. The van der Waals surface area contributed by atoms with E-state index in [-0.39, 0.29) is 5.41 Å². The minimum atomic E-state index is 0.239. The van der Waals surface area contributed by atoms with E-state index in [2.05, 4.69) is 11.1 Å². The van der Waals surface area contributed by atoms with Crippen LogP contribution in [-0.4, -0.2) is 24.7 Å². The van der Waals surface area contributed by atoms with Crippen LogP contribution in [-0.2, 0) is 10.2 Å². The van der Waals surface area contributed by atoms with Crippen LogP contribution in [0.2, 0.25) is 0 Å². The topological polar surface area (TPSA) is 51.0 Å². The summed E-state index contributed by atoms with van der Waals surface area (Å²) in [5, 5.41) is 0. The Hall–Kier alpha value is -0.800. The molecule has 0 atom stereocenters. The highest BCUT2D eigenvalue weighted by atomic mass is 16.5. The number of H-pyrrole nitrogens is 1. The van der Waals surface area contributed by atoms with Crippen LogP contribution in [0.1, 0.15) is 18.5 Å². The largest absolute Gasteiger partial charge is 0.379 e. The Balaban J connectivity index is 2.07. The zero-order chi connectivity index (χ0) is 9.15. The molecule has 2 rings (SSSR count). The van der Waals surface area contributed by atoms with Crippen LogP contribution in [0.3, 0.4) is 0 Å². The van der Waals surface area contributed by atoms with E-state index in [0.29, 0.717) is 0 Å². The molecule has 0 unspecified atom stereocenters. The van der Waals surface area contributed by atoms with Crippen molar-refractivity contribution in [2.75, 3.05) is 19.8 Å². The van der Waals surface area contributed by atoms with Gasteiger partial charge in [-0.3, -0.25) is 0 Å². The van der Waals surface area contributed by atoms with Crippen molar-refractivity contribution in [2.45, 2.75) is 18.3 Å². The predicted molar refractivity (Wildman–Crippen MR) is 51.6 cm³/mol. The van der Waals surface area contributed by atoms with Gasteiger partial charge in [0.1, 0.15) is 0 Å². The second kappa shape index (κ2) is 3.52. The maximum absolute atomic E-state index is 5.52. The Labute approximate surface area is 78.3 Å². The molecule has 0 aliphatic carbocycles. The fraction of sp³-hybridized carbons (Fsp3) is 0.600. The summed E-state index contributed by atoms with van der Waals surface area (Å²) in [6.07, 6.45) is 4.17. The fourth-order valence-corrected chi connectivity index (χ4v) is 1.88. The third-order valence-electron chi connectivity index (χ3n) is 2.79. The second-order valence-electron chi connectivity index (χ2n) is 3.75. The molecule has 3 heteroatoms. The first-order chi connectivity index (χ1) is 6.37. The highest BCUT2D eigenvalue weighted by molar-refractivity contribution is 5.20. The summed E-state index contributed by atoms with van der Waals surface area (Å²) in [6.45, 7) is 2.45. The van der Waals surface area contributed by atoms with Crippen molar-refractivity contribution in [3.05, 3.63) is 24.0 Å². The lowest BCUT2D eigenvalue weighted by atomic mass is 9.78. The summed E-state index contributed by atoms with van der Waals surface area (Å²) in [7, 11) is 0. The molecule has 1 saturated heterocycles. The first-order valence-electron chi connectivity index (χ1n) is 4.79. The summed E-state index contributed by atoms with van der Waals surface area (Å²) >= 11 is 0. The van der Waals surface area contributed by atoms with E-state index in [1.807, 2.05) is 12.3 Å². The van der Waals surface area contributed by atoms with Gasteiger partial charge < -0.3 is 15.5 Å². The second-order valence-corrected chi connectivity index (χ2v) is 3.75. The Bertz CT molecular complexity index is 252. The predicted octanol–water partition coefficient (Wildman–Crippen LogP) is 1.02. The molecule has 0 spiro atoms. The molecule has 1 aromatic heterocycles. The molecule has 13 heavy (non-hydrogen) atoms. The fourth-order valence-electron chi connectivity index (χ4n) is 1.88. The van der Waals surface area contributed by atoms with Gasteiger partial charge in [0.15, 0.2) is 0 Å². The van der Waals surface area contributed by atoms with Crippen molar-refractivity contribution >= 4 is 0 Å². The van der Waals surface area contributed by atoms with Crippen molar-refractivity contribution in [3.8, 4) is 0 Å². The number of aromatic amines is 1. The lowest BCUT2D eigenvalue weighted by Crippen LogP contribution is -2.47. The van der Waals surface area contributed by atoms with E-state index >= 15 is 0 Å². The maximum Gasteiger partial charge on any atom is 0.0600 e. The van der Waals surface area contributed by atoms with Gasteiger partial charge in [-0.05, 0) is 31.5 Å². The molecule has 0 radical (unpaired) electrons. The average Bonchev–Trinajstić information content (AvgIpc) is 2.56. The molecule has 1 aliphatic heterocycles. The molecular formula is C10H16N2O. The van der Waals surface area contributed by atoms with Crippen LogP contribution in [0.15, 0.2) is 18.3 Å². The molecule has 3 nitrogen and oxygen atoms in total. The minimum Gasteiger partial charge on any atom is -0.379 e. The molecule has 72 valence electrons. The molecular weight excluding hydrogens is 164 g/mol. The van der Waals surface area contributed by atoms with E-state index in [9.17, 15) is 0 Å². The molecule has 2 heterocycles. The van der Waals surface area contributed by atoms with E-state index in [1.54, 1.807) is 0 Å². The van der Waals surface area contributed by atoms with Crippen LogP contribution >= 0.6 is 0 Å². The minimum absolute atomic E-state index is 0.239. The van der Waals surface area contributed by atoms with Gasteiger partial charge in [-0.25, -0.2) is 0 Å².